The van der Waals surface area contributed by atoms with E-state index >= 15 is 0 Å². The molecule has 1 N–H and O–H groups in total. The molecule has 2 heterocycles. The van der Waals surface area contributed by atoms with Crippen LogP contribution in [0.2, 0.25) is 0 Å². The number of aryl methyl sites for hydroxylation is 1. The highest BCUT2D eigenvalue weighted by Crippen LogP contribution is 2.51. The van der Waals surface area contributed by atoms with Gasteiger partial charge in [0.15, 0.2) is 0 Å². The molecule has 1 aromatic heterocycles. The quantitative estimate of drug-likeness (QED) is 0.922. The first-order valence-corrected chi connectivity index (χ1v) is 8.10. The Balaban J connectivity index is 1.59. The molecular formula is C15H19NO4S. The van der Waals surface area contributed by atoms with Crippen LogP contribution in [0, 0.1) is 12.8 Å². The Hall–Kier alpha value is -1.40. The van der Waals surface area contributed by atoms with E-state index in [1.165, 1.54) is 10.4 Å². The third kappa shape index (κ3) is 3.11. The second kappa shape index (κ2) is 5.77. The van der Waals surface area contributed by atoms with Gasteiger partial charge in [-0.1, -0.05) is 0 Å². The first-order chi connectivity index (χ1) is 10.1. The second-order valence-corrected chi connectivity index (χ2v) is 6.74. The summed E-state index contributed by atoms with van der Waals surface area (Å²) in [5.74, 6) is -0.288. The van der Waals surface area contributed by atoms with Crippen molar-refractivity contribution in [2.75, 3.05) is 19.7 Å². The van der Waals surface area contributed by atoms with Gasteiger partial charge in [-0.25, -0.2) is 0 Å². The molecule has 3 atom stereocenters. The normalized spacial score (nSPS) is 28.4. The van der Waals surface area contributed by atoms with Gasteiger partial charge in [0.25, 0.3) is 0 Å². The summed E-state index contributed by atoms with van der Waals surface area (Å²) in [6, 6.07) is 2.09. The molecule has 1 aromatic rings. The Morgan fingerprint density at radius 1 is 1.52 bits per heavy atom. The van der Waals surface area contributed by atoms with Gasteiger partial charge in [0.05, 0.1) is 19.1 Å². The van der Waals surface area contributed by atoms with Crippen molar-refractivity contribution in [1.82, 2.24) is 4.90 Å². The molecule has 0 radical (unpaired) electrons. The summed E-state index contributed by atoms with van der Waals surface area (Å²) in [6.45, 7) is 3.49. The number of hydrogen-bond donors (Lipinski definition) is 1. The number of morpholine rings is 1. The zero-order valence-electron chi connectivity index (χ0n) is 11.9. The van der Waals surface area contributed by atoms with E-state index in [-0.39, 0.29) is 24.3 Å². The van der Waals surface area contributed by atoms with Gasteiger partial charge in [-0.15, -0.1) is 11.3 Å². The Morgan fingerprint density at radius 3 is 3.00 bits per heavy atom. The Labute approximate surface area is 127 Å². The average molecular weight is 309 g/mol. The third-order valence-corrected chi connectivity index (χ3v) is 5.35. The minimum absolute atomic E-state index is 0.0398. The maximum atomic E-state index is 12.5. The van der Waals surface area contributed by atoms with Gasteiger partial charge in [0, 0.05) is 29.8 Å². The first kappa shape index (κ1) is 14.5. The molecule has 1 aliphatic carbocycles. The van der Waals surface area contributed by atoms with Crippen molar-refractivity contribution in [3.8, 4) is 0 Å². The molecule has 114 valence electrons. The number of ether oxygens (including phenoxy) is 1. The van der Waals surface area contributed by atoms with Crippen molar-refractivity contribution in [1.29, 1.82) is 0 Å². The second-order valence-electron chi connectivity index (χ2n) is 5.79. The Morgan fingerprint density at radius 2 is 2.33 bits per heavy atom. The van der Waals surface area contributed by atoms with Crippen LogP contribution in [0.5, 0.6) is 0 Å². The highest BCUT2D eigenvalue weighted by atomic mass is 32.1. The van der Waals surface area contributed by atoms with Crippen LogP contribution in [0.4, 0.5) is 0 Å². The molecule has 6 heteroatoms. The molecule has 0 spiro atoms. The van der Waals surface area contributed by atoms with E-state index in [0.717, 1.165) is 6.42 Å². The van der Waals surface area contributed by atoms with Crippen molar-refractivity contribution < 1.29 is 19.4 Å². The summed E-state index contributed by atoms with van der Waals surface area (Å²) >= 11 is 1.72. The summed E-state index contributed by atoms with van der Waals surface area (Å²) in [6.07, 6.45) is 0.504. The molecule has 21 heavy (non-hydrogen) atoms. The number of carboxylic acid groups (broad SMARTS) is 1. The number of aliphatic carboxylic acids is 1. The van der Waals surface area contributed by atoms with Crippen molar-refractivity contribution in [2.45, 2.75) is 31.8 Å². The Bertz CT molecular complexity index is 556. The lowest BCUT2D eigenvalue weighted by molar-refractivity contribution is -0.148. The van der Waals surface area contributed by atoms with E-state index in [4.69, 9.17) is 9.84 Å². The molecular weight excluding hydrogens is 290 g/mol. The maximum Gasteiger partial charge on any atom is 0.306 e. The van der Waals surface area contributed by atoms with E-state index in [2.05, 4.69) is 18.4 Å². The lowest BCUT2D eigenvalue weighted by Crippen LogP contribution is -2.47. The molecule has 3 rings (SSSR count). The van der Waals surface area contributed by atoms with E-state index in [0.29, 0.717) is 25.6 Å². The lowest BCUT2D eigenvalue weighted by Gasteiger charge is -2.32. The molecule has 0 bridgehead atoms. The predicted molar refractivity (Wildman–Crippen MR) is 78.5 cm³/mol. The number of carbonyl (C=O) groups excluding carboxylic acids is 1. The van der Waals surface area contributed by atoms with Crippen molar-refractivity contribution in [3.63, 3.8) is 0 Å². The average Bonchev–Trinajstić information content (AvgIpc) is 3.12. The number of carbonyl (C=O) groups is 2. The van der Waals surface area contributed by atoms with Gasteiger partial charge >= 0.3 is 5.97 Å². The van der Waals surface area contributed by atoms with Crippen LogP contribution in [0.1, 0.15) is 29.2 Å². The maximum absolute atomic E-state index is 12.5. The molecule has 5 nitrogen and oxygen atoms in total. The van der Waals surface area contributed by atoms with Crippen LogP contribution in [0.25, 0.3) is 0 Å². The summed E-state index contributed by atoms with van der Waals surface area (Å²) < 4.78 is 5.41. The Kier molecular flexibility index (Phi) is 3.99. The number of hydrogen-bond acceptors (Lipinski definition) is 4. The van der Waals surface area contributed by atoms with Crippen LogP contribution >= 0.6 is 11.3 Å². The third-order valence-electron chi connectivity index (χ3n) is 4.20. The van der Waals surface area contributed by atoms with E-state index in [1.807, 2.05) is 0 Å². The summed E-state index contributed by atoms with van der Waals surface area (Å²) in [5.41, 5.74) is 1.27. The molecule has 1 saturated heterocycles. The number of thiophene rings is 1. The summed E-state index contributed by atoms with van der Waals surface area (Å²) in [4.78, 5) is 26.4. The van der Waals surface area contributed by atoms with Gasteiger partial charge in [0.2, 0.25) is 5.91 Å². The topological polar surface area (TPSA) is 66.8 Å². The highest BCUT2D eigenvalue weighted by molar-refractivity contribution is 7.10. The highest BCUT2D eigenvalue weighted by Gasteiger charge is 2.47. The predicted octanol–water partition coefficient (Wildman–Crippen LogP) is 1.86. The van der Waals surface area contributed by atoms with Crippen molar-refractivity contribution >= 4 is 23.2 Å². The lowest BCUT2D eigenvalue weighted by atomic mass is 10.1. The van der Waals surface area contributed by atoms with Crippen LogP contribution in [0.3, 0.4) is 0 Å². The number of rotatable bonds is 4. The molecule has 2 aliphatic rings. The molecule has 1 amide bonds. The minimum Gasteiger partial charge on any atom is -0.481 e. The fourth-order valence-electron chi connectivity index (χ4n) is 2.99. The van der Waals surface area contributed by atoms with Crippen LogP contribution < -0.4 is 0 Å². The van der Waals surface area contributed by atoms with E-state index in [1.54, 1.807) is 16.2 Å². The van der Waals surface area contributed by atoms with Crippen LogP contribution in [-0.4, -0.2) is 47.7 Å². The van der Waals surface area contributed by atoms with Gasteiger partial charge in [-0.3, -0.25) is 9.59 Å². The zero-order chi connectivity index (χ0) is 15.0. The van der Waals surface area contributed by atoms with Crippen LogP contribution in [-0.2, 0) is 14.3 Å². The largest absolute Gasteiger partial charge is 0.481 e. The van der Waals surface area contributed by atoms with Crippen LogP contribution in [0.15, 0.2) is 11.4 Å². The fourth-order valence-corrected chi connectivity index (χ4v) is 4.10. The summed E-state index contributed by atoms with van der Waals surface area (Å²) in [7, 11) is 0. The summed E-state index contributed by atoms with van der Waals surface area (Å²) in [5, 5.41) is 10.9. The zero-order valence-corrected chi connectivity index (χ0v) is 12.8. The monoisotopic (exact) mass is 309 g/mol. The number of carboxylic acids is 1. The molecule has 1 aliphatic heterocycles. The van der Waals surface area contributed by atoms with Gasteiger partial charge in [0.1, 0.15) is 0 Å². The minimum atomic E-state index is -0.882. The van der Waals surface area contributed by atoms with Gasteiger partial charge in [-0.2, -0.15) is 0 Å². The standard InChI is InChI=1S/C15H19NO4S/c1-9-2-5-21-14(9)11-7-12(11)15(19)16-3-4-20-10(8-16)6-13(17)18/h2,5,10-12H,3-4,6-8H2,1H3,(H,17,18). The molecule has 3 unspecified atom stereocenters. The van der Waals surface area contributed by atoms with E-state index < -0.39 is 5.97 Å². The SMILES string of the molecule is Cc1ccsc1C1CC1C(=O)N1CCOC(CC(=O)O)C1. The van der Waals surface area contributed by atoms with Gasteiger partial charge < -0.3 is 14.7 Å². The molecule has 2 fully saturated rings. The molecule has 0 aromatic carbocycles. The van der Waals surface area contributed by atoms with Crippen molar-refractivity contribution in [2.24, 2.45) is 5.92 Å². The fraction of sp³-hybridized carbons (Fsp3) is 0.600. The molecule has 1 saturated carbocycles. The van der Waals surface area contributed by atoms with Gasteiger partial charge in [-0.05, 0) is 30.4 Å². The van der Waals surface area contributed by atoms with Crippen molar-refractivity contribution in [3.05, 3.63) is 21.9 Å². The van der Waals surface area contributed by atoms with E-state index in [9.17, 15) is 9.59 Å². The number of amides is 1. The number of nitrogens with zero attached hydrogens (tertiary/aromatic N) is 1. The smallest absolute Gasteiger partial charge is 0.306 e. The first-order valence-electron chi connectivity index (χ1n) is 7.22.